The van der Waals surface area contributed by atoms with E-state index in [2.05, 4.69) is 0 Å². The van der Waals surface area contributed by atoms with E-state index in [0.717, 1.165) is 6.07 Å². The van der Waals surface area contributed by atoms with Gasteiger partial charge in [-0.05, 0) is 49.7 Å². The highest BCUT2D eigenvalue weighted by atomic mass is 16.6. The van der Waals surface area contributed by atoms with Crippen LogP contribution in [0, 0.1) is 13.8 Å². The number of nitrogens with two attached hydrogens (primary N) is 1. The van der Waals surface area contributed by atoms with Gasteiger partial charge in [-0.3, -0.25) is 4.79 Å². The number of carboxylic acid groups (broad SMARTS) is 2. The first-order chi connectivity index (χ1) is 24.1. The molecule has 0 aromatic heterocycles. The maximum Gasteiger partial charge on any atom is 0.347 e. The molecule has 0 unspecified atom stereocenters. The van der Waals surface area contributed by atoms with Crippen molar-refractivity contribution >= 4 is 41.8 Å². The standard InChI is InChI=1S/C22H16O12.C13H11NO3/c1-8-5-12(24)10(6-23)19-15(8)22(31)34-20-11(7-32-14(27)4-3-13(25)26)17(28)16(21(29)30)9(2)18(20)33-19;14-9-6-7-11(12(15)8-9)13(16)17-10-4-2-1-3-5-10/h3-6,24,28H,7H2,1-2H3,(H,25,26)(H,29,30);1-8,15H,14H2. The SMILES string of the molecule is Cc1cc(O)c(C=O)c2c1C(=O)Oc1c(COC(=O)C=CC(=O)O)c(O)c(C(=O)O)c(C)c1O2.Nc1ccc(C(=O)Oc2ccccc2)c(O)c1. The van der Waals surface area contributed by atoms with Crippen molar-refractivity contribution in [3.63, 3.8) is 0 Å². The van der Waals surface area contributed by atoms with E-state index < -0.39 is 76.1 Å². The molecule has 7 N–H and O–H groups in total. The third kappa shape index (κ3) is 8.03. The van der Waals surface area contributed by atoms with Gasteiger partial charge in [-0.2, -0.15) is 0 Å². The molecule has 4 aromatic rings. The minimum Gasteiger partial charge on any atom is -0.507 e. The lowest BCUT2D eigenvalue weighted by molar-refractivity contribution is -0.139. The van der Waals surface area contributed by atoms with Crippen LogP contribution in [0.15, 0.2) is 66.7 Å². The zero-order chi connectivity index (χ0) is 37.6. The van der Waals surface area contributed by atoms with E-state index in [-0.39, 0.29) is 40.0 Å². The molecular formula is C35H27NO15. The van der Waals surface area contributed by atoms with Gasteiger partial charge in [0.25, 0.3) is 0 Å². The average Bonchev–Trinajstić information content (AvgIpc) is 3.21. The number of aldehydes is 1. The third-order valence-corrected chi connectivity index (χ3v) is 7.06. The van der Waals surface area contributed by atoms with Crippen LogP contribution in [-0.2, 0) is 20.9 Å². The summed E-state index contributed by atoms with van der Waals surface area (Å²) in [5, 5.41) is 48.5. The molecule has 16 nitrogen and oxygen atoms in total. The number of aliphatic carboxylic acids is 1. The van der Waals surface area contributed by atoms with E-state index in [1.807, 2.05) is 6.07 Å². The second kappa shape index (κ2) is 15.2. The van der Waals surface area contributed by atoms with Crippen molar-refractivity contribution in [2.45, 2.75) is 20.5 Å². The van der Waals surface area contributed by atoms with Crippen molar-refractivity contribution in [1.82, 2.24) is 0 Å². The molecule has 51 heavy (non-hydrogen) atoms. The number of aromatic hydroxyl groups is 3. The molecule has 0 saturated heterocycles. The van der Waals surface area contributed by atoms with Gasteiger partial charge in [-0.15, -0.1) is 0 Å². The molecule has 5 rings (SSSR count). The van der Waals surface area contributed by atoms with Crippen molar-refractivity contribution < 1.29 is 73.2 Å². The van der Waals surface area contributed by atoms with Crippen LogP contribution in [0.4, 0.5) is 5.69 Å². The van der Waals surface area contributed by atoms with E-state index in [0.29, 0.717) is 23.6 Å². The third-order valence-electron chi connectivity index (χ3n) is 7.06. The molecule has 0 spiro atoms. The van der Waals surface area contributed by atoms with Gasteiger partial charge in [-0.1, -0.05) is 18.2 Å². The highest BCUT2D eigenvalue weighted by Gasteiger charge is 2.36. The number of fused-ring (bicyclic) bond motifs is 2. The van der Waals surface area contributed by atoms with Gasteiger partial charge in [0.2, 0.25) is 0 Å². The normalized spacial score (nSPS) is 11.4. The Bertz CT molecular complexity index is 2120. The number of carbonyl (C=O) groups excluding carboxylic acids is 4. The fourth-order valence-electron chi connectivity index (χ4n) is 4.69. The number of aryl methyl sites for hydroxylation is 1. The Morgan fingerprint density at radius 2 is 1.55 bits per heavy atom. The zero-order valence-electron chi connectivity index (χ0n) is 26.5. The maximum atomic E-state index is 12.9. The number of phenols is 3. The minimum atomic E-state index is -1.60. The van der Waals surface area contributed by atoms with Crippen LogP contribution in [-0.4, -0.2) is 61.7 Å². The topological polar surface area (TPSA) is 267 Å². The predicted molar refractivity (Wildman–Crippen MR) is 174 cm³/mol. The monoisotopic (exact) mass is 701 g/mol. The Kier molecular flexibility index (Phi) is 10.9. The summed E-state index contributed by atoms with van der Waals surface area (Å²) in [6, 6.07) is 14.0. The van der Waals surface area contributed by atoms with E-state index in [1.54, 1.807) is 24.3 Å². The number of nitrogen functional groups attached to an aromatic ring is 1. The number of para-hydroxylation sites is 1. The molecule has 0 amide bonds. The van der Waals surface area contributed by atoms with Crippen LogP contribution in [0.2, 0.25) is 0 Å². The number of rotatable bonds is 8. The molecular weight excluding hydrogens is 674 g/mol. The summed E-state index contributed by atoms with van der Waals surface area (Å²) in [6.07, 6.45) is 1.30. The molecule has 262 valence electrons. The number of hydrogen-bond acceptors (Lipinski definition) is 14. The minimum absolute atomic E-state index is 0.0862. The van der Waals surface area contributed by atoms with E-state index >= 15 is 0 Å². The largest absolute Gasteiger partial charge is 0.507 e. The summed E-state index contributed by atoms with van der Waals surface area (Å²) in [5.41, 5.74) is 4.14. The fraction of sp³-hybridized carbons (Fsp3) is 0.0857. The highest BCUT2D eigenvalue weighted by Crippen LogP contribution is 2.50. The fourth-order valence-corrected chi connectivity index (χ4v) is 4.69. The number of benzene rings is 4. The smallest absolute Gasteiger partial charge is 0.347 e. The Hall–Kier alpha value is -7.36. The lowest BCUT2D eigenvalue weighted by atomic mass is 10.0. The highest BCUT2D eigenvalue weighted by molar-refractivity contribution is 6.03. The summed E-state index contributed by atoms with van der Waals surface area (Å²) in [7, 11) is 0. The summed E-state index contributed by atoms with van der Waals surface area (Å²) in [4.78, 5) is 70.4. The summed E-state index contributed by atoms with van der Waals surface area (Å²) in [5.74, 6) is -8.29. The van der Waals surface area contributed by atoms with Crippen LogP contribution in [0.1, 0.15) is 58.1 Å². The quantitative estimate of drug-likeness (QED) is 0.0488. The van der Waals surface area contributed by atoms with Crippen molar-refractivity contribution in [3.8, 4) is 40.2 Å². The van der Waals surface area contributed by atoms with Crippen molar-refractivity contribution in [1.29, 1.82) is 0 Å². The lowest BCUT2D eigenvalue weighted by Gasteiger charge is -2.18. The van der Waals surface area contributed by atoms with E-state index in [9.17, 15) is 49.2 Å². The number of esters is 3. The summed E-state index contributed by atoms with van der Waals surface area (Å²) in [6.45, 7) is 1.83. The summed E-state index contributed by atoms with van der Waals surface area (Å²) >= 11 is 0. The Morgan fingerprint density at radius 3 is 2.16 bits per heavy atom. The Labute approximate surface area is 287 Å². The molecule has 0 atom stereocenters. The molecule has 0 aliphatic carbocycles. The first-order valence-electron chi connectivity index (χ1n) is 14.4. The Balaban J connectivity index is 0.000000286. The van der Waals surface area contributed by atoms with Crippen molar-refractivity contribution in [2.75, 3.05) is 5.73 Å². The first kappa shape index (κ1) is 36.5. The van der Waals surface area contributed by atoms with Gasteiger partial charge < -0.3 is 50.2 Å². The lowest BCUT2D eigenvalue weighted by Crippen LogP contribution is -2.13. The van der Waals surface area contributed by atoms with Crippen molar-refractivity contribution in [2.24, 2.45) is 0 Å². The van der Waals surface area contributed by atoms with E-state index in [1.165, 1.54) is 32.0 Å². The zero-order valence-corrected chi connectivity index (χ0v) is 26.5. The van der Waals surface area contributed by atoms with Crippen LogP contribution >= 0.6 is 0 Å². The van der Waals surface area contributed by atoms with Gasteiger partial charge in [0, 0.05) is 29.5 Å². The maximum absolute atomic E-state index is 12.9. The first-order valence-corrected chi connectivity index (χ1v) is 14.4. The Morgan fingerprint density at radius 1 is 0.863 bits per heavy atom. The molecule has 1 aliphatic rings. The molecule has 1 aliphatic heterocycles. The predicted octanol–water partition coefficient (Wildman–Crippen LogP) is 4.43. The van der Waals surface area contributed by atoms with Gasteiger partial charge >= 0.3 is 29.8 Å². The molecule has 4 aromatic carbocycles. The van der Waals surface area contributed by atoms with Crippen LogP contribution in [0.5, 0.6) is 40.2 Å². The molecule has 1 heterocycles. The molecule has 0 bridgehead atoms. The van der Waals surface area contributed by atoms with E-state index in [4.69, 9.17) is 29.8 Å². The number of hydrogen-bond donors (Lipinski definition) is 6. The number of ether oxygens (including phenoxy) is 4. The molecule has 0 radical (unpaired) electrons. The summed E-state index contributed by atoms with van der Waals surface area (Å²) < 4.78 is 21.0. The second-order valence-electron chi connectivity index (χ2n) is 10.5. The van der Waals surface area contributed by atoms with Gasteiger partial charge in [0.05, 0.1) is 11.1 Å². The van der Waals surface area contributed by atoms with Crippen molar-refractivity contribution in [3.05, 3.63) is 106 Å². The molecule has 0 fully saturated rings. The van der Waals surface area contributed by atoms with Crippen LogP contribution in [0.3, 0.4) is 0 Å². The molecule has 0 saturated carbocycles. The molecule has 16 heteroatoms. The second-order valence-corrected chi connectivity index (χ2v) is 10.5. The average molecular weight is 702 g/mol. The van der Waals surface area contributed by atoms with Gasteiger partial charge in [-0.25, -0.2) is 24.0 Å². The number of anilines is 1. The number of carbonyl (C=O) groups is 6. The van der Waals surface area contributed by atoms with Gasteiger partial charge in [0.15, 0.2) is 23.5 Å². The number of carboxylic acids is 2. The van der Waals surface area contributed by atoms with Crippen LogP contribution in [0.25, 0.3) is 0 Å². The number of phenolic OH excluding ortho intramolecular Hbond substituents is 2. The van der Waals surface area contributed by atoms with Crippen LogP contribution < -0.4 is 19.9 Å². The van der Waals surface area contributed by atoms with Gasteiger partial charge in [0.1, 0.15) is 46.3 Å². The number of aromatic carboxylic acids is 1.